The largest absolute Gasteiger partial charge is 0.495 e. The number of hydrogen-bond donors (Lipinski definition) is 2. The zero-order valence-corrected chi connectivity index (χ0v) is 17.7. The second-order valence-electron chi connectivity index (χ2n) is 8.50. The molecule has 0 spiro atoms. The summed E-state index contributed by atoms with van der Waals surface area (Å²) in [4.78, 5) is 36.8. The molecule has 32 heavy (non-hydrogen) atoms. The molecule has 1 aromatic carbocycles. The van der Waals surface area contributed by atoms with E-state index in [1.165, 1.54) is 18.2 Å². The summed E-state index contributed by atoms with van der Waals surface area (Å²) >= 11 is 0. The molecule has 0 unspecified atom stereocenters. The van der Waals surface area contributed by atoms with E-state index in [1.807, 2.05) is 27.7 Å². The van der Waals surface area contributed by atoms with Gasteiger partial charge < -0.3 is 19.8 Å². The van der Waals surface area contributed by atoms with E-state index in [9.17, 15) is 23.2 Å². The number of aromatic nitrogens is 1. The van der Waals surface area contributed by atoms with Crippen molar-refractivity contribution in [3.63, 3.8) is 0 Å². The molecule has 0 radical (unpaired) electrons. The maximum absolute atomic E-state index is 13.0. The van der Waals surface area contributed by atoms with E-state index in [0.29, 0.717) is 5.46 Å². The van der Waals surface area contributed by atoms with Crippen LogP contribution < -0.4 is 26.8 Å². The van der Waals surface area contributed by atoms with Gasteiger partial charge in [0.05, 0.1) is 28.0 Å². The normalized spacial score (nSPS) is 18.8. The Hall–Kier alpha value is -3.25. The molecule has 12 heteroatoms. The molecule has 9 nitrogen and oxygen atoms in total. The van der Waals surface area contributed by atoms with Crippen molar-refractivity contribution in [1.29, 1.82) is 0 Å². The van der Waals surface area contributed by atoms with Crippen LogP contribution in [-0.4, -0.2) is 41.3 Å². The average Bonchev–Trinajstić information content (AvgIpc) is 3.05. The molecule has 0 bridgehead atoms. The van der Waals surface area contributed by atoms with Gasteiger partial charge in [0.2, 0.25) is 0 Å². The number of nitrogens with one attached hydrogen (secondary N) is 1. The van der Waals surface area contributed by atoms with Gasteiger partial charge in [-0.2, -0.15) is 8.78 Å². The minimum atomic E-state index is -3.13. The van der Waals surface area contributed by atoms with Crippen molar-refractivity contribution in [2.75, 3.05) is 5.73 Å². The zero-order chi connectivity index (χ0) is 23.6. The molecule has 0 atom stereocenters. The van der Waals surface area contributed by atoms with Gasteiger partial charge in [0.25, 0.3) is 17.4 Å². The van der Waals surface area contributed by atoms with Gasteiger partial charge in [-0.05, 0) is 45.3 Å². The minimum Gasteiger partial charge on any atom is -0.435 e. The van der Waals surface area contributed by atoms with Gasteiger partial charge in [-0.25, -0.2) is 0 Å². The molecule has 1 aromatic heterocycles. The number of benzene rings is 1. The predicted molar refractivity (Wildman–Crippen MR) is 111 cm³/mol. The van der Waals surface area contributed by atoms with Gasteiger partial charge in [0.15, 0.2) is 0 Å². The molecule has 0 aliphatic carbocycles. The molecule has 4 rings (SSSR count). The Morgan fingerprint density at radius 1 is 1.03 bits per heavy atom. The van der Waals surface area contributed by atoms with Crippen LogP contribution in [0.1, 0.15) is 48.4 Å². The number of carbonyl (C=O) groups excluding carboxylic acids is 2. The monoisotopic (exact) mass is 447 g/mol. The van der Waals surface area contributed by atoms with Gasteiger partial charge in [-0.15, -0.1) is 0 Å². The predicted octanol–water partition coefficient (Wildman–Crippen LogP) is 1.20. The Morgan fingerprint density at radius 3 is 2.25 bits per heavy atom. The first-order valence-corrected chi connectivity index (χ1v) is 9.68. The molecular formula is C20H20BF2N3O6. The number of alkyl halides is 2. The van der Waals surface area contributed by atoms with Crippen LogP contribution >= 0.6 is 0 Å². The highest BCUT2D eigenvalue weighted by atomic mass is 19.3. The molecular weight excluding hydrogens is 427 g/mol. The first-order chi connectivity index (χ1) is 14.8. The Balaban J connectivity index is 1.89. The van der Waals surface area contributed by atoms with Crippen LogP contribution in [0, 0.1) is 0 Å². The number of anilines is 1. The number of amides is 2. The van der Waals surface area contributed by atoms with Crippen molar-refractivity contribution in [3.05, 3.63) is 45.7 Å². The topological polar surface area (TPSA) is 122 Å². The number of nitrogens with two attached hydrogens (primary N) is 1. The second-order valence-corrected chi connectivity index (χ2v) is 8.50. The van der Waals surface area contributed by atoms with E-state index < -0.39 is 42.3 Å². The third-order valence-corrected chi connectivity index (χ3v) is 5.88. The first kappa shape index (κ1) is 22.0. The summed E-state index contributed by atoms with van der Waals surface area (Å²) in [5.74, 6) is -2.09. The van der Waals surface area contributed by atoms with E-state index in [4.69, 9.17) is 15.0 Å². The number of nitrogens with zero attached hydrogens (tertiary/aromatic N) is 1. The van der Waals surface area contributed by atoms with Crippen LogP contribution in [-0.2, 0) is 9.31 Å². The Kier molecular flexibility index (Phi) is 4.90. The lowest BCUT2D eigenvalue weighted by molar-refractivity contribution is -0.0498. The highest BCUT2D eigenvalue weighted by Crippen LogP contribution is 2.37. The van der Waals surface area contributed by atoms with Gasteiger partial charge in [-0.1, -0.05) is 0 Å². The van der Waals surface area contributed by atoms with E-state index in [2.05, 4.69) is 10.1 Å². The van der Waals surface area contributed by atoms with Gasteiger partial charge in [0.1, 0.15) is 11.6 Å². The highest BCUT2D eigenvalue weighted by Gasteiger charge is 2.52. The minimum absolute atomic E-state index is 0.0327. The van der Waals surface area contributed by atoms with E-state index in [0.717, 1.165) is 10.6 Å². The van der Waals surface area contributed by atoms with Crippen molar-refractivity contribution >= 4 is 30.2 Å². The van der Waals surface area contributed by atoms with Gasteiger partial charge in [-0.3, -0.25) is 24.3 Å². The van der Waals surface area contributed by atoms with Crippen LogP contribution in [0.2, 0.25) is 0 Å². The summed E-state index contributed by atoms with van der Waals surface area (Å²) in [6.45, 7) is 4.17. The average molecular weight is 447 g/mol. The number of carbonyl (C=O) groups is 2. The number of hydrogen-bond acceptors (Lipinski definition) is 7. The summed E-state index contributed by atoms with van der Waals surface area (Å²) in [6.07, 6.45) is 0. The van der Waals surface area contributed by atoms with Crippen LogP contribution in [0.3, 0.4) is 0 Å². The number of halogens is 2. The molecule has 2 aromatic rings. The second kappa shape index (κ2) is 7.14. The zero-order valence-electron chi connectivity index (χ0n) is 17.7. The standard InChI is InChI=1S/C20H20BF2N3O6/c1-19(2)20(3,4)32-21(31-19)9-5-10(7-11(6-9)30-18(22)23)26-13(27)8-12-14(15(26)24)17(29)25-16(12)28/h5-8,18H,24H2,1-4H3,(H,25,28,29). The van der Waals surface area contributed by atoms with Crippen LogP contribution in [0.5, 0.6) is 5.75 Å². The fourth-order valence-electron chi connectivity index (χ4n) is 3.57. The third-order valence-electron chi connectivity index (χ3n) is 5.88. The van der Waals surface area contributed by atoms with Crippen LogP contribution in [0.15, 0.2) is 29.1 Å². The summed E-state index contributed by atoms with van der Waals surface area (Å²) < 4.78 is 43.4. The number of ether oxygens (including phenoxy) is 1. The number of rotatable bonds is 4. The van der Waals surface area contributed by atoms with Crippen molar-refractivity contribution in [2.24, 2.45) is 0 Å². The number of imide groups is 1. The van der Waals surface area contributed by atoms with Crippen molar-refractivity contribution < 1.29 is 32.4 Å². The Morgan fingerprint density at radius 2 is 1.66 bits per heavy atom. The SMILES string of the molecule is CC1(C)OB(c2cc(OC(F)F)cc(-n3c(N)c4c(cc3=O)C(=O)NC4=O)c2)OC1(C)C. The highest BCUT2D eigenvalue weighted by molar-refractivity contribution is 6.62. The van der Waals surface area contributed by atoms with Crippen molar-refractivity contribution in [3.8, 4) is 11.4 Å². The molecule has 1 fully saturated rings. The molecule has 2 aliphatic heterocycles. The third kappa shape index (κ3) is 3.45. The molecule has 0 saturated carbocycles. The molecule has 1 saturated heterocycles. The smallest absolute Gasteiger partial charge is 0.435 e. The lowest BCUT2D eigenvalue weighted by atomic mass is 9.78. The molecule has 3 heterocycles. The quantitative estimate of drug-likeness (QED) is 0.534. The molecule has 168 valence electrons. The lowest BCUT2D eigenvalue weighted by Crippen LogP contribution is -2.41. The lowest BCUT2D eigenvalue weighted by Gasteiger charge is -2.32. The molecule has 2 amide bonds. The maximum atomic E-state index is 13.0. The van der Waals surface area contributed by atoms with E-state index in [-0.39, 0.29) is 28.4 Å². The van der Waals surface area contributed by atoms with E-state index in [1.54, 1.807) is 0 Å². The summed E-state index contributed by atoms with van der Waals surface area (Å²) in [7, 11) is -0.948. The number of nitrogen functional groups attached to an aromatic ring is 1. The first-order valence-electron chi connectivity index (χ1n) is 9.68. The Labute approximate surface area is 181 Å². The van der Waals surface area contributed by atoms with Crippen molar-refractivity contribution in [1.82, 2.24) is 9.88 Å². The van der Waals surface area contributed by atoms with Crippen molar-refractivity contribution in [2.45, 2.75) is 45.5 Å². The van der Waals surface area contributed by atoms with Gasteiger partial charge >= 0.3 is 13.7 Å². The van der Waals surface area contributed by atoms with Gasteiger partial charge in [0, 0.05) is 12.1 Å². The maximum Gasteiger partial charge on any atom is 0.495 e. The number of fused-ring (bicyclic) bond motifs is 1. The Bertz CT molecular complexity index is 1190. The fourth-order valence-corrected chi connectivity index (χ4v) is 3.57. The molecule has 3 N–H and O–H groups in total. The summed E-state index contributed by atoms with van der Waals surface area (Å²) in [5, 5.41) is 2.07. The summed E-state index contributed by atoms with van der Waals surface area (Å²) in [5.41, 5.74) is 3.91. The molecule has 2 aliphatic rings. The van der Waals surface area contributed by atoms with E-state index >= 15 is 0 Å². The number of pyridine rings is 1. The summed E-state index contributed by atoms with van der Waals surface area (Å²) in [6, 6.07) is 4.89. The fraction of sp³-hybridized carbons (Fsp3) is 0.350. The van der Waals surface area contributed by atoms with Crippen LogP contribution in [0.25, 0.3) is 5.69 Å². The van der Waals surface area contributed by atoms with Crippen LogP contribution in [0.4, 0.5) is 14.6 Å².